The molecule has 0 radical (unpaired) electrons. The van der Waals surface area contributed by atoms with Crippen LogP contribution in [0, 0.1) is 0 Å². The molecule has 1 unspecified atom stereocenters. The summed E-state index contributed by atoms with van der Waals surface area (Å²) < 4.78 is 0. The van der Waals surface area contributed by atoms with Crippen LogP contribution in [0.3, 0.4) is 0 Å². The normalized spacial score (nSPS) is 16.2. The van der Waals surface area contributed by atoms with Gasteiger partial charge >= 0.3 is 6.03 Å². The van der Waals surface area contributed by atoms with Crippen molar-refractivity contribution in [1.29, 1.82) is 0 Å². The van der Waals surface area contributed by atoms with E-state index in [-0.39, 0.29) is 12.1 Å². The summed E-state index contributed by atoms with van der Waals surface area (Å²) in [5.41, 5.74) is 2.13. The lowest BCUT2D eigenvalue weighted by atomic mass is 10.1. The molecule has 2 heterocycles. The van der Waals surface area contributed by atoms with Gasteiger partial charge in [-0.15, -0.1) is 0 Å². The fourth-order valence-electron chi connectivity index (χ4n) is 3.12. The monoisotopic (exact) mass is 353 g/mol. The van der Waals surface area contributed by atoms with E-state index in [0.717, 1.165) is 43.1 Å². The molecule has 138 valence electrons. The zero-order chi connectivity index (χ0) is 18.4. The number of nitrogens with one attached hydrogen (secondary N) is 2. The first-order valence-corrected chi connectivity index (χ1v) is 9.10. The molecule has 6 heteroatoms. The van der Waals surface area contributed by atoms with Crippen molar-refractivity contribution in [2.24, 2.45) is 0 Å². The van der Waals surface area contributed by atoms with Crippen molar-refractivity contribution in [3.05, 3.63) is 59.8 Å². The van der Waals surface area contributed by atoms with E-state index in [1.807, 2.05) is 55.6 Å². The Hall–Kier alpha value is -2.60. The summed E-state index contributed by atoms with van der Waals surface area (Å²) >= 11 is 0. The Labute approximate surface area is 155 Å². The smallest absolute Gasteiger partial charge is 0.315 e. The Morgan fingerprint density at radius 2 is 1.85 bits per heavy atom. The van der Waals surface area contributed by atoms with Gasteiger partial charge in [-0.05, 0) is 25.6 Å². The van der Waals surface area contributed by atoms with Crippen LogP contribution in [0.1, 0.15) is 24.1 Å². The van der Waals surface area contributed by atoms with Crippen molar-refractivity contribution in [2.75, 3.05) is 38.1 Å². The summed E-state index contributed by atoms with van der Waals surface area (Å²) in [6, 6.07) is 13.7. The highest BCUT2D eigenvalue weighted by molar-refractivity contribution is 5.74. The third kappa shape index (κ3) is 4.73. The van der Waals surface area contributed by atoms with Crippen LogP contribution in [0.15, 0.2) is 48.7 Å². The minimum absolute atomic E-state index is 0.0396. The quantitative estimate of drug-likeness (QED) is 0.867. The number of amides is 2. The van der Waals surface area contributed by atoms with Crippen LogP contribution in [-0.4, -0.2) is 49.1 Å². The number of nitrogens with zero attached hydrogens (tertiary/aromatic N) is 3. The number of anilines is 1. The largest absolute Gasteiger partial charge is 0.354 e. The van der Waals surface area contributed by atoms with Crippen LogP contribution in [0.5, 0.6) is 0 Å². The van der Waals surface area contributed by atoms with Gasteiger partial charge < -0.3 is 20.4 Å². The number of hydrogen-bond acceptors (Lipinski definition) is 4. The maximum absolute atomic E-state index is 12.3. The summed E-state index contributed by atoms with van der Waals surface area (Å²) in [5.74, 6) is 0.969. The van der Waals surface area contributed by atoms with Crippen molar-refractivity contribution in [3.8, 4) is 0 Å². The van der Waals surface area contributed by atoms with Gasteiger partial charge in [0.25, 0.3) is 0 Å². The summed E-state index contributed by atoms with van der Waals surface area (Å²) in [7, 11) is 2.14. The number of piperazine rings is 1. The van der Waals surface area contributed by atoms with Crippen LogP contribution in [0.25, 0.3) is 0 Å². The lowest BCUT2D eigenvalue weighted by Crippen LogP contribution is -2.45. The van der Waals surface area contributed by atoms with Crippen molar-refractivity contribution in [1.82, 2.24) is 20.5 Å². The molecule has 1 aliphatic rings. The zero-order valence-corrected chi connectivity index (χ0v) is 15.5. The first-order valence-electron chi connectivity index (χ1n) is 9.10. The predicted molar refractivity (Wildman–Crippen MR) is 104 cm³/mol. The maximum Gasteiger partial charge on any atom is 0.315 e. The third-order valence-corrected chi connectivity index (χ3v) is 4.76. The minimum atomic E-state index is -0.172. The third-order valence-electron chi connectivity index (χ3n) is 4.76. The highest BCUT2D eigenvalue weighted by Gasteiger charge is 2.18. The van der Waals surface area contributed by atoms with Crippen LogP contribution in [-0.2, 0) is 6.54 Å². The average Bonchev–Trinajstić information content (AvgIpc) is 2.68. The van der Waals surface area contributed by atoms with Crippen molar-refractivity contribution in [3.63, 3.8) is 0 Å². The molecule has 0 aliphatic carbocycles. The molecule has 1 aromatic heterocycles. The summed E-state index contributed by atoms with van der Waals surface area (Å²) in [4.78, 5) is 21.4. The van der Waals surface area contributed by atoms with Crippen LogP contribution >= 0.6 is 0 Å². The molecule has 3 rings (SSSR count). The lowest BCUT2D eigenvalue weighted by molar-refractivity contribution is 0.237. The zero-order valence-electron chi connectivity index (χ0n) is 15.5. The molecular weight excluding hydrogens is 326 g/mol. The second-order valence-corrected chi connectivity index (χ2v) is 6.74. The Kier molecular flexibility index (Phi) is 6.07. The topological polar surface area (TPSA) is 60.5 Å². The van der Waals surface area contributed by atoms with Crippen LogP contribution < -0.4 is 15.5 Å². The molecule has 26 heavy (non-hydrogen) atoms. The highest BCUT2D eigenvalue weighted by atomic mass is 16.2. The fourth-order valence-corrected chi connectivity index (χ4v) is 3.12. The van der Waals surface area contributed by atoms with Gasteiger partial charge in [-0.1, -0.05) is 36.4 Å². The first kappa shape index (κ1) is 18.2. The molecule has 1 aromatic carbocycles. The molecule has 1 aliphatic heterocycles. The van der Waals surface area contributed by atoms with Crippen LogP contribution in [0.4, 0.5) is 10.6 Å². The number of benzene rings is 1. The molecule has 0 saturated carbocycles. The number of carbonyl (C=O) groups is 1. The molecule has 2 amide bonds. The summed E-state index contributed by atoms with van der Waals surface area (Å²) in [5, 5.41) is 5.94. The molecule has 2 N–H and O–H groups in total. The molecule has 2 aromatic rings. The Morgan fingerprint density at radius 3 is 2.58 bits per heavy atom. The number of urea groups is 1. The standard InChI is InChI=1S/C20H27N5O/c1-16(17-7-4-3-5-8-17)23-20(26)22-15-18-9-6-10-21-19(18)25-13-11-24(2)12-14-25/h3-10,16H,11-15H2,1-2H3,(H2,22,23,26). The molecular formula is C20H27N5O. The van der Waals surface area contributed by atoms with E-state index in [1.54, 1.807) is 0 Å². The van der Waals surface area contributed by atoms with E-state index in [0.29, 0.717) is 6.54 Å². The number of likely N-dealkylation sites (N-methyl/N-ethyl adjacent to an activating group) is 1. The molecule has 1 fully saturated rings. The summed E-state index contributed by atoms with van der Waals surface area (Å²) in [6.07, 6.45) is 1.81. The number of pyridine rings is 1. The van der Waals surface area contributed by atoms with Gasteiger partial charge in [0.2, 0.25) is 0 Å². The van der Waals surface area contributed by atoms with Gasteiger partial charge in [0.15, 0.2) is 0 Å². The van der Waals surface area contributed by atoms with Crippen LogP contribution in [0.2, 0.25) is 0 Å². The predicted octanol–water partition coefficient (Wildman–Crippen LogP) is 2.39. The average molecular weight is 353 g/mol. The molecule has 1 saturated heterocycles. The van der Waals surface area contributed by atoms with E-state index in [1.165, 1.54) is 0 Å². The first-order chi connectivity index (χ1) is 12.6. The fraction of sp³-hybridized carbons (Fsp3) is 0.400. The highest BCUT2D eigenvalue weighted by Crippen LogP contribution is 2.18. The van der Waals surface area contributed by atoms with Crippen molar-refractivity contribution in [2.45, 2.75) is 19.5 Å². The second-order valence-electron chi connectivity index (χ2n) is 6.74. The van der Waals surface area contributed by atoms with Crippen molar-refractivity contribution < 1.29 is 4.79 Å². The van der Waals surface area contributed by atoms with Crippen molar-refractivity contribution >= 4 is 11.8 Å². The summed E-state index contributed by atoms with van der Waals surface area (Å²) in [6.45, 7) is 6.41. The maximum atomic E-state index is 12.3. The molecule has 0 spiro atoms. The van der Waals surface area contributed by atoms with E-state index < -0.39 is 0 Å². The number of aromatic nitrogens is 1. The lowest BCUT2D eigenvalue weighted by Gasteiger charge is -2.34. The number of hydrogen-bond donors (Lipinski definition) is 2. The van der Waals surface area contributed by atoms with Gasteiger partial charge in [-0.2, -0.15) is 0 Å². The van der Waals surface area contributed by atoms with E-state index >= 15 is 0 Å². The van der Waals surface area contributed by atoms with Gasteiger partial charge in [0.1, 0.15) is 5.82 Å². The number of rotatable bonds is 5. The molecule has 1 atom stereocenters. The van der Waals surface area contributed by atoms with E-state index in [4.69, 9.17) is 0 Å². The molecule has 0 bridgehead atoms. The van der Waals surface area contributed by atoms with Gasteiger partial charge in [-0.25, -0.2) is 9.78 Å². The van der Waals surface area contributed by atoms with Gasteiger partial charge in [-0.3, -0.25) is 0 Å². The van der Waals surface area contributed by atoms with E-state index in [2.05, 4.69) is 32.5 Å². The molecule has 6 nitrogen and oxygen atoms in total. The second kappa shape index (κ2) is 8.67. The SMILES string of the molecule is CC(NC(=O)NCc1cccnc1N1CCN(C)CC1)c1ccccc1. The van der Waals surface area contributed by atoms with E-state index in [9.17, 15) is 4.79 Å². The minimum Gasteiger partial charge on any atom is -0.354 e. The van der Waals surface area contributed by atoms with Gasteiger partial charge in [0.05, 0.1) is 6.04 Å². The van der Waals surface area contributed by atoms with Gasteiger partial charge in [0, 0.05) is 44.5 Å². The Bertz CT molecular complexity index is 713. The Balaban J connectivity index is 1.57. The Morgan fingerprint density at radius 1 is 1.12 bits per heavy atom. The number of carbonyl (C=O) groups excluding carboxylic acids is 1.